The summed E-state index contributed by atoms with van der Waals surface area (Å²) in [6.07, 6.45) is 5.61. The van der Waals surface area contributed by atoms with Gasteiger partial charge < -0.3 is 24.2 Å². The summed E-state index contributed by atoms with van der Waals surface area (Å²) in [5, 5.41) is 9.80. The third kappa shape index (κ3) is 7.80. The van der Waals surface area contributed by atoms with Crippen LogP contribution in [0.1, 0.15) is 31.4 Å². The van der Waals surface area contributed by atoms with Gasteiger partial charge in [-0.25, -0.2) is 0 Å². The molecule has 0 bridgehead atoms. The average molecular weight is 454 g/mol. The molecule has 0 unspecified atom stereocenters. The lowest BCUT2D eigenvalue weighted by atomic mass is 10.1. The van der Waals surface area contributed by atoms with Gasteiger partial charge in [-0.3, -0.25) is 9.59 Å². The minimum atomic E-state index is -0.340. The summed E-state index contributed by atoms with van der Waals surface area (Å²) < 4.78 is 15.7. The van der Waals surface area contributed by atoms with Gasteiger partial charge in [0.05, 0.1) is 13.5 Å². The van der Waals surface area contributed by atoms with Crippen LogP contribution < -0.4 is 14.4 Å². The largest absolute Gasteiger partial charge is 0.504 e. The van der Waals surface area contributed by atoms with E-state index in [1.54, 1.807) is 31.4 Å². The Morgan fingerprint density at radius 1 is 0.939 bits per heavy atom. The number of methoxy groups -OCH3 is 2. The molecule has 0 aliphatic heterocycles. The van der Waals surface area contributed by atoms with E-state index in [1.807, 2.05) is 18.2 Å². The van der Waals surface area contributed by atoms with Crippen molar-refractivity contribution in [2.24, 2.45) is 0 Å². The maximum atomic E-state index is 12.3. The first-order valence-corrected chi connectivity index (χ1v) is 10.7. The van der Waals surface area contributed by atoms with Crippen LogP contribution in [0.25, 0.3) is 12.2 Å². The van der Waals surface area contributed by atoms with Crippen LogP contribution in [0.3, 0.4) is 0 Å². The summed E-state index contributed by atoms with van der Waals surface area (Å²) in [5.74, 6) is 0.249. The maximum Gasteiger partial charge on any atom is 0.188 e. The molecule has 0 fully saturated rings. The molecule has 176 valence electrons. The van der Waals surface area contributed by atoms with Gasteiger partial charge in [0.2, 0.25) is 0 Å². The predicted molar refractivity (Wildman–Crippen MR) is 130 cm³/mol. The van der Waals surface area contributed by atoms with Crippen molar-refractivity contribution in [2.45, 2.75) is 20.3 Å². The highest BCUT2D eigenvalue weighted by Crippen LogP contribution is 2.28. The minimum Gasteiger partial charge on any atom is -0.504 e. The van der Waals surface area contributed by atoms with Gasteiger partial charge in [0, 0.05) is 37.5 Å². The van der Waals surface area contributed by atoms with E-state index in [1.165, 1.54) is 25.3 Å². The lowest BCUT2D eigenvalue weighted by molar-refractivity contribution is -0.121. The highest BCUT2D eigenvalue weighted by atomic mass is 16.7. The molecule has 0 heterocycles. The van der Waals surface area contributed by atoms with E-state index in [2.05, 4.69) is 18.7 Å². The molecular formula is C26H31NO6. The molecule has 33 heavy (non-hydrogen) atoms. The van der Waals surface area contributed by atoms with E-state index < -0.39 is 0 Å². The van der Waals surface area contributed by atoms with Gasteiger partial charge in [-0.05, 0) is 61.9 Å². The fourth-order valence-corrected chi connectivity index (χ4v) is 3.17. The quantitative estimate of drug-likeness (QED) is 0.272. The Bertz CT molecular complexity index is 1010. The lowest BCUT2D eigenvalue weighted by Crippen LogP contribution is -2.21. The van der Waals surface area contributed by atoms with Gasteiger partial charge in [0.15, 0.2) is 29.9 Å². The molecular weight excluding hydrogens is 422 g/mol. The van der Waals surface area contributed by atoms with E-state index in [-0.39, 0.29) is 30.5 Å². The summed E-state index contributed by atoms with van der Waals surface area (Å²) in [5.41, 5.74) is 2.35. The molecule has 0 aliphatic rings. The van der Waals surface area contributed by atoms with Crippen molar-refractivity contribution in [3.8, 4) is 17.2 Å². The number of carbonyl (C=O) groups excluding carboxylic acids is 2. The Morgan fingerprint density at radius 2 is 1.64 bits per heavy atom. The molecule has 0 saturated heterocycles. The van der Waals surface area contributed by atoms with Gasteiger partial charge in [-0.15, -0.1) is 0 Å². The zero-order chi connectivity index (χ0) is 24.2. The standard InChI is InChI=1S/C26H31NO6/c1-5-27(6-2)21-11-9-20(26(16-21)33-18-31-3)10-13-23(29)17-22(28)12-7-19-8-14-25(32-4)24(30)15-19/h7-16,30H,5-6,17-18H2,1-4H3/b12-7+,13-10+. The lowest BCUT2D eigenvalue weighted by Gasteiger charge is -2.22. The van der Waals surface area contributed by atoms with E-state index in [9.17, 15) is 14.7 Å². The Morgan fingerprint density at radius 3 is 2.24 bits per heavy atom. The first-order chi connectivity index (χ1) is 15.9. The molecule has 0 saturated carbocycles. The van der Waals surface area contributed by atoms with Crippen LogP contribution in [0.15, 0.2) is 48.6 Å². The van der Waals surface area contributed by atoms with Crippen molar-refractivity contribution in [3.63, 3.8) is 0 Å². The van der Waals surface area contributed by atoms with E-state index >= 15 is 0 Å². The van der Waals surface area contributed by atoms with Crippen molar-refractivity contribution >= 4 is 29.4 Å². The number of hydrogen-bond donors (Lipinski definition) is 1. The summed E-state index contributed by atoms with van der Waals surface area (Å²) in [4.78, 5) is 26.6. The number of ether oxygens (including phenoxy) is 3. The second-order valence-corrected chi connectivity index (χ2v) is 7.15. The molecule has 0 spiro atoms. The first-order valence-electron chi connectivity index (χ1n) is 10.7. The number of benzene rings is 2. The molecule has 1 N–H and O–H groups in total. The molecule has 2 aromatic carbocycles. The van der Waals surface area contributed by atoms with E-state index in [0.29, 0.717) is 22.6 Å². The predicted octanol–water partition coefficient (Wildman–Crippen LogP) is 4.48. The van der Waals surface area contributed by atoms with Crippen molar-refractivity contribution in [2.75, 3.05) is 39.0 Å². The fraction of sp³-hybridized carbons (Fsp3) is 0.308. The van der Waals surface area contributed by atoms with Crippen molar-refractivity contribution in [3.05, 3.63) is 59.7 Å². The van der Waals surface area contributed by atoms with Gasteiger partial charge in [-0.2, -0.15) is 0 Å². The molecule has 2 rings (SSSR count). The molecule has 7 nitrogen and oxygen atoms in total. The number of rotatable bonds is 13. The molecule has 0 amide bonds. The second-order valence-electron chi connectivity index (χ2n) is 7.15. The third-order valence-electron chi connectivity index (χ3n) is 4.92. The van der Waals surface area contributed by atoms with Crippen LogP contribution in [0.2, 0.25) is 0 Å². The maximum absolute atomic E-state index is 12.3. The highest BCUT2D eigenvalue weighted by molar-refractivity contribution is 6.11. The minimum absolute atomic E-state index is 0.0235. The van der Waals surface area contributed by atoms with Gasteiger partial charge in [0.25, 0.3) is 0 Å². The third-order valence-corrected chi connectivity index (χ3v) is 4.92. The molecule has 2 aromatic rings. The zero-order valence-corrected chi connectivity index (χ0v) is 19.5. The van der Waals surface area contributed by atoms with Gasteiger partial charge in [0.1, 0.15) is 5.75 Å². The van der Waals surface area contributed by atoms with Crippen molar-refractivity contribution in [1.82, 2.24) is 0 Å². The number of hydrogen-bond acceptors (Lipinski definition) is 7. The normalized spacial score (nSPS) is 11.2. The Balaban J connectivity index is 2.06. The highest BCUT2D eigenvalue weighted by Gasteiger charge is 2.09. The number of allylic oxidation sites excluding steroid dienone is 2. The Labute approximate surface area is 194 Å². The van der Waals surface area contributed by atoms with Crippen LogP contribution in [-0.4, -0.2) is 50.8 Å². The number of phenolic OH excluding ortho intramolecular Hbond substituents is 1. The topological polar surface area (TPSA) is 85.3 Å². The summed E-state index contributed by atoms with van der Waals surface area (Å²) in [7, 11) is 3.00. The number of anilines is 1. The van der Waals surface area contributed by atoms with Crippen LogP contribution in [0, 0.1) is 0 Å². The summed E-state index contributed by atoms with van der Waals surface area (Å²) >= 11 is 0. The number of carbonyl (C=O) groups is 2. The first kappa shape index (κ1) is 25.7. The van der Waals surface area contributed by atoms with Crippen LogP contribution in [0.5, 0.6) is 17.2 Å². The van der Waals surface area contributed by atoms with E-state index in [0.717, 1.165) is 18.8 Å². The average Bonchev–Trinajstić information content (AvgIpc) is 2.81. The molecule has 0 aliphatic carbocycles. The summed E-state index contributed by atoms with van der Waals surface area (Å²) in [6, 6.07) is 10.5. The number of phenols is 1. The van der Waals surface area contributed by atoms with Crippen LogP contribution in [-0.2, 0) is 14.3 Å². The van der Waals surface area contributed by atoms with Crippen molar-refractivity contribution in [1.29, 1.82) is 0 Å². The zero-order valence-electron chi connectivity index (χ0n) is 19.5. The summed E-state index contributed by atoms with van der Waals surface area (Å²) in [6.45, 7) is 5.96. The van der Waals surface area contributed by atoms with Crippen LogP contribution in [0.4, 0.5) is 5.69 Å². The monoisotopic (exact) mass is 453 g/mol. The number of aromatic hydroxyl groups is 1. The van der Waals surface area contributed by atoms with Gasteiger partial charge >= 0.3 is 0 Å². The number of nitrogens with zero attached hydrogens (tertiary/aromatic N) is 1. The molecule has 0 aromatic heterocycles. The molecule has 0 radical (unpaired) electrons. The van der Waals surface area contributed by atoms with Crippen LogP contribution >= 0.6 is 0 Å². The second kappa shape index (κ2) is 13.1. The molecule has 0 atom stereocenters. The Hall–Kier alpha value is -3.58. The van der Waals surface area contributed by atoms with Gasteiger partial charge in [-0.1, -0.05) is 12.1 Å². The van der Waals surface area contributed by atoms with E-state index in [4.69, 9.17) is 14.2 Å². The van der Waals surface area contributed by atoms with Crippen molar-refractivity contribution < 1.29 is 28.9 Å². The molecule has 7 heteroatoms. The number of ketones is 2. The Kier molecular flexibility index (Phi) is 10.2. The smallest absolute Gasteiger partial charge is 0.188 e. The fourth-order valence-electron chi connectivity index (χ4n) is 3.17. The SMILES string of the molecule is CCN(CC)c1ccc(/C=C/C(=O)CC(=O)/C=C/c2ccc(OC)c(O)c2)c(OCOC)c1.